The molecule has 27 heavy (non-hydrogen) atoms. The highest BCUT2D eigenvalue weighted by molar-refractivity contribution is 6.31. The van der Waals surface area contributed by atoms with Gasteiger partial charge in [-0.2, -0.15) is 5.10 Å². The molecule has 3 rings (SSSR count). The number of halogens is 1. The number of hydrogen-bond acceptors (Lipinski definition) is 5. The van der Waals surface area contributed by atoms with Crippen LogP contribution in [0.15, 0.2) is 24.3 Å². The molecular weight excluding hydrogens is 370 g/mol. The van der Waals surface area contributed by atoms with Crippen LogP contribution in [-0.4, -0.2) is 59.5 Å². The number of aromatic nitrogens is 2. The van der Waals surface area contributed by atoms with Gasteiger partial charge in [0.15, 0.2) is 6.61 Å². The van der Waals surface area contributed by atoms with Crippen molar-refractivity contribution in [1.82, 2.24) is 14.7 Å². The van der Waals surface area contributed by atoms with Gasteiger partial charge in [0.1, 0.15) is 5.56 Å². The molecule has 1 amide bonds. The summed E-state index contributed by atoms with van der Waals surface area (Å²) < 4.78 is 12.2. The van der Waals surface area contributed by atoms with E-state index in [4.69, 9.17) is 21.1 Å². The van der Waals surface area contributed by atoms with Gasteiger partial charge in [-0.15, -0.1) is 0 Å². The van der Waals surface area contributed by atoms with Crippen molar-refractivity contribution in [3.8, 4) is 0 Å². The SMILES string of the molecule is Cc1nn(Cc2ccccc2Cl)c(C)c1C(=O)OCC(=O)N1CCOCC1. The molecule has 2 heterocycles. The van der Waals surface area contributed by atoms with E-state index in [1.807, 2.05) is 24.3 Å². The lowest BCUT2D eigenvalue weighted by Crippen LogP contribution is -2.42. The highest BCUT2D eigenvalue weighted by Gasteiger charge is 2.23. The Morgan fingerprint density at radius 2 is 1.93 bits per heavy atom. The molecule has 1 saturated heterocycles. The van der Waals surface area contributed by atoms with E-state index in [1.165, 1.54) is 0 Å². The van der Waals surface area contributed by atoms with Gasteiger partial charge in [-0.3, -0.25) is 9.48 Å². The van der Waals surface area contributed by atoms with Crippen molar-refractivity contribution in [3.63, 3.8) is 0 Å². The number of benzene rings is 1. The molecule has 0 atom stereocenters. The molecule has 0 N–H and O–H groups in total. The average molecular weight is 392 g/mol. The van der Waals surface area contributed by atoms with Gasteiger partial charge in [-0.05, 0) is 25.5 Å². The number of amides is 1. The van der Waals surface area contributed by atoms with Gasteiger partial charge in [0.25, 0.3) is 5.91 Å². The highest BCUT2D eigenvalue weighted by atomic mass is 35.5. The van der Waals surface area contributed by atoms with Crippen LogP contribution in [0.25, 0.3) is 0 Å². The number of aryl methyl sites for hydroxylation is 1. The van der Waals surface area contributed by atoms with E-state index in [0.717, 1.165) is 5.56 Å². The van der Waals surface area contributed by atoms with E-state index < -0.39 is 5.97 Å². The maximum Gasteiger partial charge on any atom is 0.342 e. The number of carbonyl (C=O) groups excluding carboxylic acids is 2. The van der Waals surface area contributed by atoms with E-state index in [1.54, 1.807) is 23.4 Å². The Labute approximate surface area is 162 Å². The molecule has 1 aromatic heterocycles. The molecule has 0 aliphatic carbocycles. The molecule has 8 heteroatoms. The van der Waals surface area contributed by atoms with Gasteiger partial charge in [-0.1, -0.05) is 29.8 Å². The molecule has 0 saturated carbocycles. The Morgan fingerprint density at radius 3 is 2.63 bits per heavy atom. The van der Waals surface area contributed by atoms with Gasteiger partial charge in [0.2, 0.25) is 0 Å². The molecule has 144 valence electrons. The molecule has 0 spiro atoms. The first kappa shape index (κ1) is 19.4. The second-order valence-corrected chi connectivity index (χ2v) is 6.77. The lowest BCUT2D eigenvalue weighted by Gasteiger charge is -2.26. The monoisotopic (exact) mass is 391 g/mol. The lowest BCUT2D eigenvalue weighted by atomic mass is 10.2. The zero-order valence-electron chi connectivity index (χ0n) is 15.4. The predicted molar refractivity (Wildman–Crippen MR) is 99.9 cm³/mol. The molecular formula is C19H22ClN3O4. The average Bonchev–Trinajstić information content (AvgIpc) is 2.95. The summed E-state index contributed by atoms with van der Waals surface area (Å²) in [4.78, 5) is 26.3. The number of morpholine rings is 1. The van der Waals surface area contributed by atoms with E-state index in [2.05, 4.69) is 5.10 Å². The molecule has 1 aromatic carbocycles. The van der Waals surface area contributed by atoms with Gasteiger partial charge in [0, 0.05) is 18.1 Å². The Balaban J connectivity index is 1.67. The van der Waals surface area contributed by atoms with Crippen LogP contribution in [0.4, 0.5) is 0 Å². The third kappa shape index (κ3) is 4.48. The zero-order valence-corrected chi connectivity index (χ0v) is 16.2. The number of ether oxygens (including phenoxy) is 2. The quantitative estimate of drug-likeness (QED) is 0.730. The maximum atomic E-state index is 12.5. The Kier molecular flexibility index (Phi) is 6.13. The van der Waals surface area contributed by atoms with E-state index in [9.17, 15) is 9.59 Å². The van der Waals surface area contributed by atoms with Crippen LogP contribution in [0.3, 0.4) is 0 Å². The largest absolute Gasteiger partial charge is 0.452 e. The number of rotatable bonds is 5. The van der Waals surface area contributed by atoms with Crippen molar-refractivity contribution in [2.24, 2.45) is 0 Å². The zero-order chi connectivity index (χ0) is 19.4. The second-order valence-electron chi connectivity index (χ2n) is 6.36. The van der Waals surface area contributed by atoms with Crippen LogP contribution in [0.5, 0.6) is 0 Å². The third-order valence-electron chi connectivity index (χ3n) is 4.55. The number of nitrogens with zero attached hydrogens (tertiary/aromatic N) is 3. The summed E-state index contributed by atoms with van der Waals surface area (Å²) in [5.41, 5.74) is 2.53. The normalized spacial score (nSPS) is 14.3. The van der Waals surface area contributed by atoms with Crippen LogP contribution < -0.4 is 0 Å². The molecule has 1 fully saturated rings. The first-order valence-corrected chi connectivity index (χ1v) is 9.15. The summed E-state index contributed by atoms with van der Waals surface area (Å²) in [5, 5.41) is 5.07. The second kappa shape index (κ2) is 8.54. The summed E-state index contributed by atoms with van der Waals surface area (Å²) in [5.74, 6) is -0.762. The van der Waals surface area contributed by atoms with Crippen LogP contribution in [0.2, 0.25) is 5.02 Å². The Hall–Kier alpha value is -2.38. The fraction of sp³-hybridized carbons (Fsp3) is 0.421. The standard InChI is InChI=1S/C19H22ClN3O4/c1-13-18(19(25)27-12-17(24)22-7-9-26-10-8-22)14(2)23(21-13)11-15-5-3-4-6-16(15)20/h3-6H,7-12H2,1-2H3. The summed E-state index contributed by atoms with van der Waals surface area (Å²) in [6, 6.07) is 7.49. The molecule has 2 aromatic rings. The maximum absolute atomic E-state index is 12.5. The fourth-order valence-corrected chi connectivity index (χ4v) is 3.23. The van der Waals surface area contributed by atoms with E-state index >= 15 is 0 Å². The topological polar surface area (TPSA) is 73.7 Å². The van der Waals surface area contributed by atoms with E-state index in [-0.39, 0.29) is 12.5 Å². The van der Waals surface area contributed by atoms with Crippen molar-refractivity contribution in [1.29, 1.82) is 0 Å². The molecule has 1 aliphatic rings. The molecule has 0 unspecified atom stereocenters. The van der Waals surface area contributed by atoms with Gasteiger partial charge in [0.05, 0.1) is 31.1 Å². The summed E-state index contributed by atoms with van der Waals surface area (Å²) in [6.07, 6.45) is 0. The molecule has 1 aliphatic heterocycles. The lowest BCUT2D eigenvalue weighted by molar-refractivity contribution is -0.138. The van der Waals surface area contributed by atoms with Gasteiger partial charge >= 0.3 is 5.97 Å². The van der Waals surface area contributed by atoms with Crippen LogP contribution >= 0.6 is 11.6 Å². The van der Waals surface area contributed by atoms with Crippen molar-refractivity contribution < 1.29 is 19.1 Å². The minimum Gasteiger partial charge on any atom is -0.452 e. The smallest absolute Gasteiger partial charge is 0.342 e. The summed E-state index contributed by atoms with van der Waals surface area (Å²) in [7, 11) is 0. The van der Waals surface area contributed by atoms with E-state index in [0.29, 0.717) is 54.8 Å². The van der Waals surface area contributed by atoms with Crippen molar-refractivity contribution in [2.45, 2.75) is 20.4 Å². The minimum atomic E-state index is -0.544. The minimum absolute atomic E-state index is 0.217. The van der Waals surface area contributed by atoms with Crippen LogP contribution in [-0.2, 0) is 20.8 Å². The molecule has 0 bridgehead atoms. The Bertz CT molecular complexity index is 843. The first-order valence-electron chi connectivity index (χ1n) is 8.77. The van der Waals surface area contributed by atoms with Crippen molar-refractivity contribution in [3.05, 3.63) is 51.8 Å². The number of carbonyl (C=O) groups is 2. The van der Waals surface area contributed by atoms with Crippen LogP contribution in [0.1, 0.15) is 27.3 Å². The van der Waals surface area contributed by atoms with Crippen molar-refractivity contribution in [2.75, 3.05) is 32.9 Å². The van der Waals surface area contributed by atoms with Crippen LogP contribution in [0, 0.1) is 13.8 Å². The first-order chi connectivity index (χ1) is 13.0. The Morgan fingerprint density at radius 1 is 1.22 bits per heavy atom. The predicted octanol–water partition coefficient (Wildman–Crippen LogP) is 2.22. The molecule has 0 radical (unpaired) electrons. The molecule has 7 nitrogen and oxygen atoms in total. The summed E-state index contributed by atoms with van der Waals surface area (Å²) >= 11 is 6.21. The summed E-state index contributed by atoms with van der Waals surface area (Å²) in [6.45, 7) is 5.77. The number of esters is 1. The van der Waals surface area contributed by atoms with Gasteiger partial charge in [-0.25, -0.2) is 4.79 Å². The highest BCUT2D eigenvalue weighted by Crippen LogP contribution is 2.20. The third-order valence-corrected chi connectivity index (χ3v) is 4.92. The van der Waals surface area contributed by atoms with Gasteiger partial charge < -0.3 is 14.4 Å². The fourth-order valence-electron chi connectivity index (χ4n) is 3.04. The number of hydrogen-bond donors (Lipinski definition) is 0. The van der Waals surface area contributed by atoms with Crippen molar-refractivity contribution >= 4 is 23.5 Å².